The van der Waals surface area contributed by atoms with Gasteiger partial charge in [0, 0.05) is 31.6 Å². The molecule has 2 atom stereocenters. The van der Waals surface area contributed by atoms with Crippen LogP contribution in [0.4, 0.5) is 0 Å². The summed E-state index contributed by atoms with van der Waals surface area (Å²) in [5.74, 6) is 0.423. The van der Waals surface area contributed by atoms with Crippen LogP contribution < -0.4 is 5.32 Å². The number of ether oxygens (including phenoxy) is 1. The fourth-order valence-corrected chi connectivity index (χ4v) is 3.48. The lowest BCUT2D eigenvalue weighted by Crippen LogP contribution is -2.48. The Balaban J connectivity index is 1.43. The number of hydrogen-bond acceptors (Lipinski definition) is 4. The predicted octanol–water partition coefficient (Wildman–Crippen LogP) is 1.40. The number of nitrogens with zero attached hydrogens (tertiary/aromatic N) is 2. The molecule has 1 aromatic heterocycles. The highest BCUT2D eigenvalue weighted by molar-refractivity contribution is 5.95. The van der Waals surface area contributed by atoms with Crippen LogP contribution in [0.3, 0.4) is 0 Å². The zero-order valence-electron chi connectivity index (χ0n) is 13.5. The zero-order valence-corrected chi connectivity index (χ0v) is 13.5. The Kier molecular flexibility index (Phi) is 3.59. The lowest BCUT2D eigenvalue weighted by atomic mass is 9.98. The number of fused-ring (bicyclic) bond motifs is 2. The largest absolute Gasteiger partial charge is 0.448 e. The molecule has 0 aliphatic carbocycles. The normalized spacial score (nSPS) is 22.3. The van der Waals surface area contributed by atoms with Crippen molar-refractivity contribution in [3.8, 4) is 0 Å². The molecule has 1 N–H and O–H groups in total. The first-order valence-electron chi connectivity index (χ1n) is 8.22. The quantitative estimate of drug-likeness (QED) is 0.847. The van der Waals surface area contributed by atoms with Crippen LogP contribution in [0.1, 0.15) is 33.9 Å². The molecule has 2 aromatic rings. The van der Waals surface area contributed by atoms with E-state index in [-0.39, 0.29) is 11.9 Å². The minimum atomic E-state index is -0.752. The van der Waals surface area contributed by atoms with E-state index in [4.69, 9.17) is 4.74 Å². The van der Waals surface area contributed by atoms with Crippen molar-refractivity contribution >= 4 is 11.9 Å². The van der Waals surface area contributed by atoms with Gasteiger partial charge in [0.05, 0.1) is 11.3 Å². The van der Waals surface area contributed by atoms with E-state index >= 15 is 0 Å². The Morgan fingerprint density at radius 3 is 3.08 bits per heavy atom. The van der Waals surface area contributed by atoms with Crippen LogP contribution in [0.15, 0.2) is 30.5 Å². The highest BCUT2D eigenvalue weighted by Crippen LogP contribution is 2.21. The molecule has 0 bridgehead atoms. The van der Waals surface area contributed by atoms with Gasteiger partial charge in [0.2, 0.25) is 0 Å². The Labute approximate surface area is 139 Å². The fourth-order valence-electron chi connectivity index (χ4n) is 3.48. The second-order valence-electron chi connectivity index (χ2n) is 6.45. The summed E-state index contributed by atoms with van der Waals surface area (Å²) in [6.45, 7) is 2.68. The number of rotatable bonds is 2. The van der Waals surface area contributed by atoms with Crippen LogP contribution in [0, 0.1) is 6.92 Å². The van der Waals surface area contributed by atoms with Crippen LogP contribution in [0.25, 0.3) is 0 Å². The van der Waals surface area contributed by atoms with E-state index < -0.39 is 12.1 Å². The standard InChI is InChI=1S/C18H19N3O3/c1-11-9-21-10-13(6-7-16(21)19-11)20-17(22)15-8-12-4-2-3-5-14(12)18(23)24-15/h2-5,9,13,15H,6-8,10H2,1H3,(H,20,22)/t13-,15+/m0/s1. The molecule has 0 saturated carbocycles. The lowest BCUT2D eigenvalue weighted by Gasteiger charge is -2.28. The Bertz CT molecular complexity index is 812. The van der Waals surface area contributed by atoms with Crippen molar-refractivity contribution in [1.82, 2.24) is 14.9 Å². The molecular formula is C18H19N3O3. The van der Waals surface area contributed by atoms with Gasteiger partial charge in [-0.25, -0.2) is 9.78 Å². The summed E-state index contributed by atoms with van der Waals surface area (Å²) in [6.07, 6.45) is 3.37. The Morgan fingerprint density at radius 1 is 1.38 bits per heavy atom. The molecule has 0 spiro atoms. The number of aryl methyl sites for hydroxylation is 2. The maximum atomic E-state index is 12.5. The number of carbonyl (C=O) groups excluding carboxylic acids is 2. The first-order valence-corrected chi connectivity index (χ1v) is 8.22. The van der Waals surface area contributed by atoms with Gasteiger partial charge in [-0.1, -0.05) is 18.2 Å². The summed E-state index contributed by atoms with van der Waals surface area (Å²) in [6, 6.07) is 7.31. The number of nitrogens with one attached hydrogen (secondary N) is 1. The number of benzene rings is 1. The molecule has 124 valence electrons. The van der Waals surface area contributed by atoms with E-state index in [0.29, 0.717) is 18.5 Å². The lowest BCUT2D eigenvalue weighted by molar-refractivity contribution is -0.131. The molecule has 2 aliphatic heterocycles. The molecule has 6 heteroatoms. The minimum absolute atomic E-state index is 0.0365. The van der Waals surface area contributed by atoms with Crippen molar-refractivity contribution in [2.24, 2.45) is 0 Å². The third kappa shape index (κ3) is 2.68. The van der Waals surface area contributed by atoms with Crippen LogP contribution >= 0.6 is 0 Å². The first kappa shape index (κ1) is 14.9. The van der Waals surface area contributed by atoms with Gasteiger partial charge >= 0.3 is 5.97 Å². The summed E-state index contributed by atoms with van der Waals surface area (Å²) in [7, 11) is 0. The monoisotopic (exact) mass is 325 g/mol. The molecule has 0 saturated heterocycles. The van der Waals surface area contributed by atoms with Gasteiger partial charge in [0.15, 0.2) is 6.10 Å². The van der Waals surface area contributed by atoms with Gasteiger partial charge in [-0.15, -0.1) is 0 Å². The molecule has 2 aliphatic rings. The molecule has 6 nitrogen and oxygen atoms in total. The molecule has 3 heterocycles. The zero-order chi connectivity index (χ0) is 16.7. The molecular weight excluding hydrogens is 306 g/mol. The van der Waals surface area contributed by atoms with Gasteiger partial charge < -0.3 is 14.6 Å². The van der Waals surface area contributed by atoms with E-state index in [2.05, 4.69) is 14.9 Å². The number of cyclic esters (lactones) is 1. The number of aromatic nitrogens is 2. The Morgan fingerprint density at radius 2 is 2.21 bits per heavy atom. The summed E-state index contributed by atoms with van der Waals surface area (Å²) in [4.78, 5) is 29.0. The summed E-state index contributed by atoms with van der Waals surface area (Å²) >= 11 is 0. The third-order valence-electron chi connectivity index (χ3n) is 4.64. The van der Waals surface area contributed by atoms with Gasteiger partial charge in [-0.05, 0) is 25.0 Å². The molecule has 0 unspecified atom stereocenters. The maximum absolute atomic E-state index is 12.5. The van der Waals surface area contributed by atoms with Crippen LogP contribution in [-0.4, -0.2) is 33.6 Å². The van der Waals surface area contributed by atoms with Gasteiger partial charge in [-0.2, -0.15) is 0 Å². The number of imidazole rings is 1. The average molecular weight is 325 g/mol. The highest BCUT2D eigenvalue weighted by atomic mass is 16.5. The number of esters is 1. The number of carbonyl (C=O) groups is 2. The van der Waals surface area contributed by atoms with Gasteiger partial charge in [-0.3, -0.25) is 4.79 Å². The number of amides is 1. The smallest absolute Gasteiger partial charge is 0.339 e. The van der Waals surface area contributed by atoms with Crippen molar-refractivity contribution in [3.05, 3.63) is 53.1 Å². The fraction of sp³-hybridized carbons (Fsp3) is 0.389. The van der Waals surface area contributed by atoms with Gasteiger partial charge in [0.1, 0.15) is 5.82 Å². The predicted molar refractivity (Wildman–Crippen MR) is 86.6 cm³/mol. The molecule has 1 amide bonds. The molecule has 0 fully saturated rings. The summed E-state index contributed by atoms with van der Waals surface area (Å²) < 4.78 is 7.41. The van der Waals surface area contributed by atoms with E-state index in [1.165, 1.54) is 0 Å². The summed E-state index contributed by atoms with van der Waals surface area (Å²) in [5.41, 5.74) is 2.41. The van der Waals surface area contributed by atoms with E-state index in [1.54, 1.807) is 12.1 Å². The average Bonchev–Trinajstić information content (AvgIpc) is 2.94. The van der Waals surface area contributed by atoms with Crippen molar-refractivity contribution in [1.29, 1.82) is 0 Å². The van der Waals surface area contributed by atoms with Crippen molar-refractivity contribution in [3.63, 3.8) is 0 Å². The second-order valence-corrected chi connectivity index (χ2v) is 6.45. The van der Waals surface area contributed by atoms with Crippen molar-refractivity contribution in [2.45, 2.75) is 44.9 Å². The van der Waals surface area contributed by atoms with E-state index in [0.717, 1.165) is 29.9 Å². The third-order valence-corrected chi connectivity index (χ3v) is 4.64. The number of hydrogen-bond donors (Lipinski definition) is 1. The van der Waals surface area contributed by atoms with Crippen molar-refractivity contribution < 1.29 is 14.3 Å². The van der Waals surface area contributed by atoms with Crippen LogP contribution in [0.2, 0.25) is 0 Å². The molecule has 24 heavy (non-hydrogen) atoms. The van der Waals surface area contributed by atoms with Crippen LogP contribution in [-0.2, 0) is 28.9 Å². The second kappa shape index (κ2) is 5.78. The SMILES string of the molecule is Cc1cn2c(n1)CC[C@H](NC(=O)[C@H]1Cc3ccccc3C(=O)O1)C2. The topological polar surface area (TPSA) is 73.2 Å². The Hall–Kier alpha value is -2.63. The molecule has 1 aromatic carbocycles. The minimum Gasteiger partial charge on any atom is -0.448 e. The van der Waals surface area contributed by atoms with Crippen molar-refractivity contribution in [2.75, 3.05) is 0 Å². The highest BCUT2D eigenvalue weighted by Gasteiger charge is 2.32. The van der Waals surface area contributed by atoms with Gasteiger partial charge in [0.25, 0.3) is 5.91 Å². The summed E-state index contributed by atoms with van der Waals surface area (Å²) in [5, 5.41) is 3.03. The van der Waals surface area contributed by atoms with E-state index in [9.17, 15) is 9.59 Å². The first-order chi connectivity index (χ1) is 11.6. The molecule has 0 radical (unpaired) electrons. The maximum Gasteiger partial charge on any atom is 0.339 e. The molecule has 4 rings (SSSR count). The van der Waals surface area contributed by atoms with E-state index in [1.807, 2.05) is 25.3 Å². The van der Waals surface area contributed by atoms with Crippen LogP contribution in [0.5, 0.6) is 0 Å².